The summed E-state index contributed by atoms with van der Waals surface area (Å²) >= 11 is 0. The zero-order chi connectivity index (χ0) is 21.0. The van der Waals surface area contributed by atoms with Crippen molar-refractivity contribution in [2.75, 3.05) is 7.11 Å². The summed E-state index contributed by atoms with van der Waals surface area (Å²) in [6.07, 6.45) is 1.04. The molecule has 0 N–H and O–H groups in total. The van der Waals surface area contributed by atoms with E-state index in [4.69, 9.17) is 18.3 Å². The summed E-state index contributed by atoms with van der Waals surface area (Å²) in [5, 5.41) is 0.0858. The van der Waals surface area contributed by atoms with Gasteiger partial charge in [0.2, 0.25) is 0 Å². The Bertz CT molecular complexity index is 613. The Labute approximate surface area is 167 Å². The summed E-state index contributed by atoms with van der Waals surface area (Å²) in [4.78, 5) is 12.5. The lowest BCUT2D eigenvalue weighted by atomic mass is 9.94. The molecule has 1 aliphatic heterocycles. The molecule has 2 aliphatic rings. The highest BCUT2D eigenvalue weighted by atomic mass is 28.4. The van der Waals surface area contributed by atoms with Crippen LogP contribution in [0.3, 0.4) is 0 Å². The first-order valence-electron chi connectivity index (χ1n) is 9.83. The van der Waals surface area contributed by atoms with E-state index in [2.05, 4.69) is 67.7 Å². The molecule has 0 spiro atoms. The van der Waals surface area contributed by atoms with Crippen molar-refractivity contribution in [2.45, 2.75) is 102 Å². The van der Waals surface area contributed by atoms with Crippen LogP contribution in [0.25, 0.3) is 0 Å². The van der Waals surface area contributed by atoms with Crippen molar-refractivity contribution >= 4 is 22.6 Å². The van der Waals surface area contributed by atoms with Gasteiger partial charge in [-0.05, 0) is 42.3 Å². The first-order valence-corrected chi connectivity index (χ1v) is 15.6. The van der Waals surface area contributed by atoms with Gasteiger partial charge < -0.3 is 18.3 Å². The number of ether oxygens (including phenoxy) is 2. The van der Waals surface area contributed by atoms with Crippen molar-refractivity contribution < 1.29 is 23.1 Å². The summed E-state index contributed by atoms with van der Waals surface area (Å²) in [5.41, 5.74) is 0.546. The minimum atomic E-state index is -2.14. The number of hydrogen-bond acceptors (Lipinski definition) is 5. The number of hydrogen-bond donors (Lipinski definition) is 0. The molecular weight excluding hydrogens is 376 g/mol. The molecule has 0 unspecified atom stereocenters. The molecule has 1 saturated heterocycles. The van der Waals surface area contributed by atoms with E-state index in [1.807, 2.05) is 6.08 Å². The zero-order valence-corrected chi connectivity index (χ0v) is 20.9. The quantitative estimate of drug-likeness (QED) is 0.372. The molecule has 27 heavy (non-hydrogen) atoms. The third-order valence-electron chi connectivity index (χ3n) is 6.72. The van der Waals surface area contributed by atoms with Gasteiger partial charge in [-0.3, -0.25) is 0 Å². The van der Waals surface area contributed by atoms with Gasteiger partial charge in [0.05, 0.1) is 12.7 Å². The topological polar surface area (TPSA) is 57.3 Å². The summed E-state index contributed by atoms with van der Waals surface area (Å²) in [6.45, 7) is 22.1. The molecule has 1 heterocycles. The number of epoxide rings is 1. The van der Waals surface area contributed by atoms with E-state index in [9.17, 15) is 4.79 Å². The molecule has 0 aromatic rings. The minimum Gasteiger partial charge on any atom is -0.466 e. The molecule has 4 atom stereocenters. The monoisotopic (exact) mass is 414 g/mol. The maximum absolute atomic E-state index is 12.5. The number of esters is 1. The average Bonchev–Trinajstić information content (AvgIpc) is 3.25. The second kappa shape index (κ2) is 7.09. The Morgan fingerprint density at radius 1 is 0.963 bits per heavy atom. The molecule has 0 bridgehead atoms. The summed E-state index contributed by atoms with van der Waals surface area (Å²) in [6, 6.07) is 0. The van der Waals surface area contributed by atoms with Crippen molar-refractivity contribution in [3.63, 3.8) is 0 Å². The fraction of sp³-hybridized carbons (Fsp3) is 0.850. The molecule has 7 heteroatoms. The number of methoxy groups -OCH3 is 1. The van der Waals surface area contributed by atoms with Gasteiger partial charge in [-0.15, -0.1) is 0 Å². The molecule has 0 aromatic carbocycles. The lowest BCUT2D eigenvalue weighted by Gasteiger charge is -2.45. The third kappa shape index (κ3) is 4.58. The Morgan fingerprint density at radius 2 is 1.44 bits per heavy atom. The predicted molar refractivity (Wildman–Crippen MR) is 113 cm³/mol. The van der Waals surface area contributed by atoms with Gasteiger partial charge in [-0.2, -0.15) is 0 Å². The van der Waals surface area contributed by atoms with E-state index in [1.165, 1.54) is 7.11 Å². The molecule has 5 nitrogen and oxygen atoms in total. The smallest absolute Gasteiger partial charge is 0.336 e. The number of rotatable bonds is 5. The summed E-state index contributed by atoms with van der Waals surface area (Å²) in [7, 11) is -2.79. The van der Waals surface area contributed by atoms with E-state index in [0.29, 0.717) is 5.57 Å². The van der Waals surface area contributed by atoms with Gasteiger partial charge in [0, 0.05) is 0 Å². The molecule has 0 radical (unpaired) electrons. The van der Waals surface area contributed by atoms with Crippen LogP contribution in [-0.4, -0.2) is 54.1 Å². The number of carbonyl (C=O) groups is 1. The van der Waals surface area contributed by atoms with Crippen molar-refractivity contribution in [1.29, 1.82) is 0 Å². The maximum atomic E-state index is 12.5. The first kappa shape index (κ1) is 22.8. The Kier molecular flexibility index (Phi) is 5.99. The van der Waals surface area contributed by atoms with Gasteiger partial charge in [0.1, 0.15) is 24.4 Å². The lowest BCUT2D eigenvalue weighted by molar-refractivity contribution is -0.138. The van der Waals surface area contributed by atoms with E-state index in [-0.39, 0.29) is 34.4 Å². The zero-order valence-electron chi connectivity index (χ0n) is 18.9. The maximum Gasteiger partial charge on any atom is 0.336 e. The molecule has 0 aromatic heterocycles. The van der Waals surface area contributed by atoms with E-state index >= 15 is 0 Å². The highest BCUT2D eigenvalue weighted by Crippen LogP contribution is 2.47. The largest absolute Gasteiger partial charge is 0.466 e. The first-order chi connectivity index (χ1) is 12.0. The number of fused-ring (bicyclic) bond motifs is 1. The summed E-state index contributed by atoms with van der Waals surface area (Å²) < 4.78 is 24.4. The molecule has 0 saturated carbocycles. The van der Waals surface area contributed by atoms with Crippen molar-refractivity contribution in [3.05, 3.63) is 11.6 Å². The van der Waals surface area contributed by atoms with Crippen molar-refractivity contribution in [1.82, 2.24) is 0 Å². The van der Waals surface area contributed by atoms with Crippen LogP contribution in [-0.2, 0) is 23.1 Å². The summed E-state index contributed by atoms with van der Waals surface area (Å²) in [5.74, 6) is -0.350. The Morgan fingerprint density at radius 3 is 1.89 bits per heavy atom. The lowest BCUT2D eigenvalue weighted by Crippen LogP contribution is -2.56. The predicted octanol–water partition coefficient (Wildman–Crippen LogP) is 4.65. The van der Waals surface area contributed by atoms with E-state index in [1.54, 1.807) is 0 Å². The van der Waals surface area contributed by atoms with Crippen LogP contribution in [0.2, 0.25) is 36.3 Å². The Balaban J connectivity index is 2.41. The fourth-order valence-electron chi connectivity index (χ4n) is 2.73. The molecular formula is C20H38O5Si2. The van der Waals surface area contributed by atoms with Gasteiger partial charge in [-0.1, -0.05) is 41.5 Å². The van der Waals surface area contributed by atoms with Gasteiger partial charge in [0.15, 0.2) is 16.6 Å². The van der Waals surface area contributed by atoms with Crippen LogP contribution in [0.5, 0.6) is 0 Å². The molecule has 2 rings (SSSR count). The SMILES string of the molecule is COC(=O)C1=C[C@H]2O[C@H]2[C@H](O[Si](C)(C)C(C)(C)C)[C@H]1O[Si](C)(C)C(C)(C)C. The molecule has 1 aliphatic carbocycles. The van der Waals surface area contributed by atoms with E-state index in [0.717, 1.165) is 0 Å². The van der Waals surface area contributed by atoms with Gasteiger partial charge >= 0.3 is 5.97 Å². The highest BCUT2D eigenvalue weighted by Gasteiger charge is 2.58. The molecule has 156 valence electrons. The molecule has 0 amide bonds. The van der Waals surface area contributed by atoms with Crippen LogP contribution in [0.1, 0.15) is 41.5 Å². The van der Waals surface area contributed by atoms with Crippen LogP contribution < -0.4 is 0 Å². The average molecular weight is 415 g/mol. The van der Waals surface area contributed by atoms with Crippen LogP contribution >= 0.6 is 0 Å². The van der Waals surface area contributed by atoms with Crippen LogP contribution in [0, 0.1) is 0 Å². The van der Waals surface area contributed by atoms with Crippen molar-refractivity contribution in [2.24, 2.45) is 0 Å². The molecule has 1 fully saturated rings. The highest BCUT2D eigenvalue weighted by molar-refractivity contribution is 6.74. The van der Waals surface area contributed by atoms with Gasteiger partial charge in [-0.25, -0.2) is 4.79 Å². The minimum absolute atomic E-state index is 0.0248. The normalized spacial score (nSPS) is 29.1. The van der Waals surface area contributed by atoms with E-state index < -0.39 is 22.7 Å². The fourth-order valence-corrected chi connectivity index (χ4v) is 5.27. The second-order valence-corrected chi connectivity index (χ2v) is 20.3. The van der Waals surface area contributed by atoms with Gasteiger partial charge in [0.25, 0.3) is 0 Å². The standard InChI is InChI=1S/C20H38O5Si2/c1-19(2,3)26(8,9)24-15-13(18(21)22-7)12-14-16(23-14)17(15)25-27(10,11)20(4,5)6/h12,14-17H,1-11H3/t14-,15+,16-,17-/m1/s1. The van der Waals surface area contributed by atoms with Crippen LogP contribution in [0.4, 0.5) is 0 Å². The van der Waals surface area contributed by atoms with Crippen molar-refractivity contribution in [3.8, 4) is 0 Å². The number of carbonyl (C=O) groups excluding carboxylic acids is 1. The second-order valence-electron chi connectivity index (χ2n) is 10.8. The third-order valence-corrected chi connectivity index (χ3v) is 15.6. The Hall–Kier alpha value is -0.476. The van der Waals surface area contributed by atoms with Crippen LogP contribution in [0.15, 0.2) is 11.6 Å².